The number of nitrogens with one attached hydrogen (secondary N) is 1. The fraction of sp³-hybridized carbons (Fsp3) is 0.190. The molecule has 0 spiro atoms. The lowest BCUT2D eigenvalue weighted by atomic mass is 9.93. The van der Waals surface area contributed by atoms with Crippen molar-refractivity contribution >= 4 is 49.3 Å². The van der Waals surface area contributed by atoms with E-state index in [1.165, 1.54) is 16.9 Å². The Morgan fingerprint density at radius 2 is 1.93 bits per heavy atom. The predicted octanol–water partition coefficient (Wildman–Crippen LogP) is 5.06. The number of H-pyrrole nitrogens is 1. The molecule has 0 aliphatic rings. The molecule has 4 rings (SSSR count). The molecule has 2 aromatic heterocycles. The van der Waals surface area contributed by atoms with Crippen LogP contribution in [0, 0.1) is 6.92 Å². The first kappa shape index (κ1) is 19.6. The summed E-state index contributed by atoms with van der Waals surface area (Å²) in [5, 5.41) is 14.4. The summed E-state index contributed by atoms with van der Waals surface area (Å²) in [7, 11) is 0. The highest BCUT2D eigenvalue weighted by Crippen LogP contribution is 2.41. The quantitative estimate of drug-likeness (QED) is 0.412. The Morgan fingerprint density at radius 3 is 2.59 bits per heavy atom. The van der Waals surface area contributed by atoms with E-state index in [4.69, 9.17) is 5.73 Å². The molecule has 0 aliphatic carbocycles. The lowest BCUT2D eigenvalue weighted by Gasteiger charge is -2.14. The predicted molar refractivity (Wildman–Crippen MR) is 120 cm³/mol. The van der Waals surface area contributed by atoms with Crippen LogP contribution in [-0.2, 0) is 0 Å². The summed E-state index contributed by atoms with van der Waals surface area (Å²) in [4.78, 5) is 15.4. The minimum Gasteiger partial charge on any atom is -0.507 e. The van der Waals surface area contributed by atoms with Crippen molar-refractivity contribution in [2.45, 2.75) is 19.8 Å². The second-order valence-electron chi connectivity index (χ2n) is 6.71. The number of aromatic nitrogens is 1. The van der Waals surface area contributed by atoms with Crippen LogP contribution in [-0.4, -0.2) is 16.6 Å². The van der Waals surface area contributed by atoms with Crippen LogP contribution in [0.4, 0.5) is 0 Å². The van der Waals surface area contributed by atoms with Crippen LogP contribution in [0.1, 0.15) is 24.0 Å². The molecule has 4 aromatic rings. The summed E-state index contributed by atoms with van der Waals surface area (Å²) >= 11 is 1.41. The Balaban J connectivity index is 0.00000210. The molecule has 140 valence electrons. The Hall–Kier alpha value is -2.15. The number of benzene rings is 2. The average Bonchev–Trinajstić information content (AvgIpc) is 3.13. The molecule has 6 heteroatoms. The number of rotatable bonds is 3. The smallest absolute Gasteiger partial charge is 0.266 e. The summed E-state index contributed by atoms with van der Waals surface area (Å²) in [6.45, 7) is 4.58. The largest absolute Gasteiger partial charge is 0.507 e. The Labute approximate surface area is 171 Å². The van der Waals surface area contributed by atoms with E-state index in [0.29, 0.717) is 11.2 Å². The second-order valence-corrected chi connectivity index (χ2v) is 7.63. The lowest BCUT2D eigenvalue weighted by molar-refractivity contribution is 0.477. The van der Waals surface area contributed by atoms with E-state index in [9.17, 15) is 9.90 Å². The van der Waals surface area contributed by atoms with E-state index < -0.39 is 0 Å². The zero-order valence-electron chi connectivity index (χ0n) is 15.1. The number of phenolic OH excluding ortho intramolecular Hbond substituents is 1. The third-order valence-electron chi connectivity index (χ3n) is 5.00. The van der Waals surface area contributed by atoms with Gasteiger partial charge in [-0.3, -0.25) is 4.79 Å². The normalized spacial score (nSPS) is 12.3. The van der Waals surface area contributed by atoms with Crippen molar-refractivity contribution in [1.82, 2.24) is 4.98 Å². The van der Waals surface area contributed by atoms with Crippen molar-refractivity contribution in [3.63, 3.8) is 0 Å². The molecule has 4 N–H and O–H groups in total. The van der Waals surface area contributed by atoms with Crippen LogP contribution in [0.5, 0.6) is 5.75 Å². The Kier molecular flexibility index (Phi) is 5.42. The fourth-order valence-corrected chi connectivity index (χ4v) is 4.28. The van der Waals surface area contributed by atoms with Crippen LogP contribution in [0.25, 0.3) is 32.1 Å². The molecule has 0 bridgehead atoms. The fourth-order valence-electron chi connectivity index (χ4n) is 3.49. The van der Waals surface area contributed by atoms with Gasteiger partial charge in [-0.15, -0.1) is 28.3 Å². The highest BCUT2D eigenvalue weighted by atomic mass is 79.9. The maximum Gasteiger partial charge on any atom is 0.266 e. The molecule has 0 saturated carbocycles. The van der Waals surface area contributed by atoms with Gasteiger partial charge in [0.15, 0.2) is 0 Å². The standard InChI is InChI=1S/C21H20N2O2S.BrH/c1-11-9-16(24)17(14-5-3-13(4-6-14)12(2)10-22)18-15-7-8-26-20(15)21(25)23-19(11)18;/h3-9,12,24H,10,22H2,1-2H3,(H,23,25);1H/t12-;/m0./s1. The van der Waals surface area contributed by atoms with Crippen molar-refractivity contribution in [1.29, 1.82) is 0 Å². The highest BCUT2D eigenvalue weighted by molar-refractivity contribution is 8.93. The minimum atomic E-state index is -0.0886. The highest BCUT2D eigenvalue weighted by Gasteiger charge is 2.17. The SMILES string of the molecule is Br.Cc1cc(O)c(-c2ccc([C@@H](C)CN)cc2)c2c1[nH]c(=O)c1sccc12. The van der Waals surface area contributed by atoms with E-state index in [2.05, 4.69) is 24.0 Å². The summed E-state index contributed by atoms with van der Waals surface area (Å²) in [6, 6.07) is 11.8. The van der Waals surface area contributed by atoms with E-state index in [1.54, 1.807) is 6.07 Å². The van der Waals surface area contributed by atoms with Gasteiger partial charge in [0.1, 0.15) is 10.4 Å². The topological polar surface area (TPSA) is 79.1 Å². The van der Waals surface area contributed by atoms with Crippen LogP contribution < -0.4 is 11.3 Å². The van der Waals surface area contributed by atoms with Gasteiger partial charge in [-0.2, -0.15) is 0 Å². The number of hydrogen-bond acceptors (Lipinski definition) is 4. The zero-order valence-corrected chi connectivity index (χ0v) is 17.6. The van der Waals surface area contributed by atoms with Gasteiger partial charge in [-0.25, -0.2) is 0 Å². The number of fused-ring (bicyclic) bond motifs is 3. The van der Waals surface area contributed by atoms with Crippen molar-refractivity contribution in [3.05, 3.63) is 63.3 Å². The maximum absolute atomic E-state index is 12.4. The molecule has 0 unspecified atom stereocenters. The van der Waals surface area contributed by atoms with Gasteiger partial charge in [0.2, 0.25) is 0 Å². The molecule has 0 radical (unpaired) electrons. The number of hydrogen-bond donors (Lipinski definition) is 3. The van der Waals surface area contributed by atoms with Crippen molar-refractivity contribution in [3.8, 4) is 16.9 Å². The van der Waals surface area contributed by atoms with Gasteiger partial charge in [0, 0.05) is 16.3 Å². The molecule has 0 fully saturated rings. The number of thiophene rings is 1. The second kappa shape index (κ2) is 7.46. The molecule has 1 atom stereocenters. The summed E-state index contributed by atoms with van der Waals surface area (Å²) in [5.74, 6) is 0.501. The lowest BCUT2D eigenvalue weighted by Crippen LogP contribution is -2.08. The minimum absolute atomic E-state index is 0. The molecule has 2 heterocycles. The Morgan fingerprint density at radius 1 is 1.22 bits per heavy atom. The van der Waals surface area contributed by atoms with Gasteiger partial charge < -0.3 is 15.8 Å². The van der Waals surface area contributed by atoms with Gasteiger partial charge >= 0.3 is 0 Å². The number of aromatic hydroxyl groups is 1. The third kappa shape index (κ3) is 3.18. The Bertz CT molecular complexity index is 1180. The average molecular weight is 445 g/mol. The number of aromatic amines is 1. The molecular weight excluding hydrogens is 424 g/mol. The summed E-state index contributed by atoms with van der Waals surface area (Å²) in [5.41, 5.74) is 10.1. The first-order chi connectivity index (χ1) is 12.5. The van der Waals surface area contributed by atoms with E-state index in [0.717, 1.165) is 33.0 Å². The number of phenols is 1. The van der Waals surface area contributed by atoms with Crippen molar-refractivity contribution in [2.24, 2.45) is 5.73 Å². The van der Waals surface area contributed by atoms with E-state index in [1.807, 2.05) is 30.5 Å². The number of pyridine rings is 1. The molecule has 27 heavy (non-hydrogen) atoms. The van der Waals surface area contributed by atoms with Crippen LogP contribution in [0.15, 0.2) is 46.6 Å². The van der Waals surface area contributed by atoms with Gasteiger partial charge in [-0.1, -0.05) is 31.2 Å². The first-order valence-electron chi connectivity index (χ1n) is 8.57. The summed E-state index contributed by atoms with van der Waals surface area (Å²) in [6.07, 6.45) is 0. The van der Waals surface area contributed by atoms with Crippen molar-refractivity contribution in [2.75, 3.05) is 6.54 Å². The molecule has 0 saturated heterocycles. The molecular formula is C21H21BrN2O2S. The number of nitrogens with two attached hydrogens (primary N) is 1. The molecule has 2 aromatic carbocycles. The van der Waals surface area contributed by atoms with Gasteiger partial charge in [0.25, 0.3) is 5.56 Å². The van der Waals surface area contributed by atoms with Gasteiger partial charge in [0.05, 0.1) is 5.52 Å². The van der Waals surface area contributed by atoms with E-state index in [-0.39, 0.29) is 34.2 Å². The maximum atomic E-state index is 12.4. The molecule has 0 amide bonds. The number of halogens is 1. The number of aryl methyl sites for hydroxylation is 1. The summed E-state index contributed by atoms with van der Waals surface area (Å²) < 4.78 is 0.678. The molecule has 4 nitrogen and oxygen atoms in total. The van der Waals surface area contributed by atoms with Crippen LogP contribution in [0.2, 0.25) is 0 Å². The van der Waals surface area contributed by atoms with Crippen molar-refractivity contribution < 1.29 is 5.11 Å². The van der Waals surface area contributed by atoms with Gasteiger partial charge in [-0.05, 0) is 53.6 Å². The third-order valence-corrected chi connectivity index (χ3v) is 5.92. The monoisotopic (exact) mass is 444 g/mol. The van der Waals surface area contributed by atoms with Crippen LogP contribution in [0.3, 0.4) is 0 Å². The van der Waals surface area contributed by atoms with Crippen LogP contribution >= 0.6 is 28.3 Å². The zero-order chi connectivity index (χ0) is 18.4. The molecule has 0 aliphatic heterocycles. The van der Waals surface area contributed by atoms with E-state index >= 15 is 0 Å². The first-order valence-corrected chi connectivity index (χ1v) is 9.45.